The molecule has 8 heteroatoms. The Balaban J connectivity index is 1.53. The number of benzene rings is 2. The van der Waals surface area contributed by atoms with Crippen molar-refractivity contribution in [3.8, 4) is 11.4 Å². The molecule has 1 atom stereocenters. The molecule has 2 heterocycles. The molecular formula is C20H17FN4O3. The van der Waals surface area contributed by atoms with Gasteiger partial charge in [0.1, 0.15) is 36.0 Å². The second-order valence-electron chi connectivity index (χ2n) is 6.25. The Morgan fingerprint density at radius 1 is 1.11 bits per heavy atom. The van der Waals surface area contributed by atoms with Gasteiger partial charge in [-0.2, -0.15) is 5.10 Å². The number of halogens is 1. The van der Waals surface area contributed by atoms with Crippen molar-refractivity contribution in [2.75, 3.05) is 6.61 Å². The Kier molecular flexibility index (Phi) is 4.86. The van der Waals surface area contributed by atoms with E-state index in [0.29, 0.717) is 22.5 Å². The molecule has 1 N–H and O–H groups in total. The van der Waals surface area contributed by atoms with Gasteiger partial charge in [-0.15, -0.1) is 0 Å². The van der Waals surface area contributed by atoms with Crippen LogP contribution in [0.4, 0.5) is 4.39 Å². The smallest absolute Gasteiger partial charge is 0.264 e. The van der Waals surface area contributed by atoms with Gasteiger partial charge in [0.15, 0.2) is 5.65 Å². The summed E-state index contributed by atoms with van der Waals surface area (Å²) in [5, 5.41) is 14.7. The van der Waals surface area contributed by atoms with Crippen molar-refractivity contribution in [2.45, 2.75) is 12.6 Å². The second-order valence-corrected chi connectivity index (χ2v) is 6.25. The largest absolute Gasteiger partial charge is 0.491 e. The Hall–Kier alpha value is -3.52. The lowest BCUT2D eigenvalue weighted by Gasteiger charge is -2.13. The molecule has 4 aromatic rings. The van der Waals surface area contributed by atoms with Crippen LogP contribution in [0.25, 0.3) is 16.7 Å². The van der Waals surface area contributed by atoms with Crippen LogP contribution in [-0.4, -0.2) is 37.1 Å². The fourth-order valence-electron chi connectivity index (χ4n) is 2.84. The molecule has 28 heavy (non-hydrogen) atoms. The van der Waals surface area contributed by atoms with Crippen molar-refractivity contribution in [1.29, 1.82) is 0 Å². The summed E-state index contributed by atoms with van der Waals surface area (Å²) in [6.45, 7) is 0.0830. The molecule has 0 aliphatic rings. The SMILES string of the molecule is O=c1c2cnn(-c3ccc(F)cc3)c2ncn1C[C@@H](O)COc1ccccc1. The molecule has 0 spiro atoms. The third-order valence-electron chi connectivity index (χ3n) is 4.22. The molecule has 2 aromatic heterocycles. The van der Waals surface area contributed by atoms with Gasteiger partial charge in [-0.05, 0) is 36.4 Å². The minimum atomic E-state index is -0.885. The van der Waals surface area contributed by atoms with Gasteiger partial charge in [0.25, 0.3) is 5.56 Å². The summed E-state index contributed by atoms with van der Waals surface area (Å²) in [5.74, 6) is 0.283. The lowest BCUT2D eigenvalue weighted by Crippen LogP contribution is -2.30. The highest BCUT2D eigenvalue weighted by Gasteiger charge is 2.14. The molecule has 7 nitrogen and oxygen atoms in total. The van der Waals surface area contributed by atoms with Gasteiger partial charge in [0.2, 0.25) is 0 Å². The summed E-state index contributed by atoms with van der Waals surface area (Å²) in [7, 11) is 0. The zero-order valence-electron chi connectivity index (χ0n) is 14.8. The average molecular weight is 380 g/mol. The van der Waals surface area contributed by atoms with Crippen LogP contribution >= 0.6 is 0 Å². The van der Waals surface area contributed by atoms with Crippen LogP contribution < -0.4 is 10.3 Å². The van der Waals surface area contributed by atoms with E-state index in [4.69, 9.17) is 4.74 Å². The fraction of sp³-hybridized carbons (Fsp3) is 0.150. The monoisotopic (exact) mass is 380 g/mol. The molecule has 2 aromatic carbocycles. The van der Waals surface area contributed by atoms with Crippen LogP contribution in [0, 0.1) is 5.82 Å². The maximum atomic E-state index is 13.1. The molecular weight excluding hydrogens is 363 g/mol. The number of hydrogen-bond acceptors (Lipinski definition) is 5. The molecule has 0 bridgehead atoms. The van der Waals surface area contributed by atoms with Crippen LogP contribution in [-0.2, 0) is 6.54 Å². The summed E-state index contributed by atoms with van der Waals surface area (Å²) < 4.78 is 21.4. The van der Waals surface area contributed by atoms with Crippen molar-refractivity contribution in [1.82, 2.24) is 19.3 Å². The van der Waals surface area contributed by atoms with Crippen LogP contribution in [0.5, 0.6) is 5.75 Å². The van der Waals surface area contributed by atoms with Crippen molar-refractivity contribution >= 4 is 11.0 Å². The topological polar surface area (TPSA) is 82.2 Å². The summed E-state index contributed by atoms with van der Waals surface area (Å²) in [5.41, 5.74) is 0.636. The number of hydrogen-bond donors (Lipinski definition) is 1. The van der Waals surface area contributed by atoms with E-state index in [1.54, 1.807) is 24.3 Å². The first-order valence-corrected chi connectivity index (χ1v) is 8.67. The summed E-state index contributed by atoms with van der Waals surface area (Å²) in [4.78, 5) is 17.0. The number of ether oxygens (including phenoxy) is 1. The van der Waals surface area contributed by atoms with E-state index in [1.807, 2.05) is 18.2 Å². The van der Waals surface area contributed by atoms with Crippen LogP contribution in [0.3, 0.4) is 0 Å². The molecule has 142 valence electrons. The van der Waals surface area contributed by atoms with Crippen molar-refractivity contribution in [2.24, 2.45) is 0 Å². The van der Waals surface area contributed by atoms with E-state index in [-0.39, 0.29) is 24.5 Å². The number of nitrogens with zero attached hydrogens (tertiary/aromatic N) is 4. The van der Waals surface area contributed by atoms with Crippen LogP contribution in [0.2, 0.25) is 0 Å². The number of aromatic nitrogens is 4. The fourth-order valence-corrected chi connectivity index (χ4v) is 2.84. The van der Waals surface area contributed by atoms with Crippen LogP contribution in [0.15, 0.2) is 71.9 Å². The standard InChI is InChI=1S/C20H17FN4O3/c21-14-6-8-15(9-7-14)25-19-18(10-23-25)20(27)24(13-22-19)11-16(26)12-28-17-4-2-1-3-5-17/h1-10,13,16,26H,11-12H2/t16-/m1/s1. The average Bonchev–Trinajstić information content (AvgIpc) is 3.15. The summed E-state index contributed by atoms with van der Waals surface area (Å²) >= 11 is 0. The Morgan fingerprint density at radius 3 is 2.61 bits per heavy atom. The molecule has 0 aliphatic heterocycles. The zero-order valence-corrected chi connectivity index (χ0v) is 14.8. The number of aliphatic hydroxyl groups excluding tert-OH is 1. The van der Waals surface area contributed by atoms with E-state index in [2.05, 4.69) is 10.1 Å². The van der Waals surface area contributed by atoms with Gasteiger partial charge in [-0.1, -0.05) is 18.2 Å². The molecule has 0 saturated carbocycles. The minimum absolute atomic E-state index is 0.0380. The lowest BCUT2D eigenvalue weighted by atomic mass is 10.3. The van der Waals surface area contributed by atoms with Gasteiger partial charge < -0.3 is 9.84 Å². The first kappa shape index (κ1) is 17.9. The van der Waals surface area contributed by atoms with Crippen molar-refractivity contribution in [3.05, 3.63) is 83.3 Å². The van der Waals surface area contributed by atoms with E-state index >= 15 is 0 Å². The van der Waals surface area contributed by atoms with Gasteiger partial charge in [-0.3, -0.25) is 9.36 Å². The number of fused-ring (bicyclic) bond motifs is 1. The number of para-hydroxylation sites is 1. The van der Waals surface area contributed by atoms with E-state index < -0.39 is 6.10 Å². The molecule has 4 rings (SSSR count). The van der Waals surface area contributed by atoms with Gasteiger partial charge in [0, 0.05) is 0 Å². The molecule has 0 aliphatic carbocycles. The highest BCUT2D eigenvalue weighted by Crippen LogP contribution is 2.14. The van der Waals surface area contributed by atoms with Crippen molar-refractivity contribution in [3.63, 3.8) is 0 Å². The van der Waals surface area contributed by atoms with E-state index in [1.165, 1.54) is 33.9 Å². The van der Waals surface area contributed by atoms with Gasteiger partial charge in [0.05, 0.1) is 18.4 Å². The third-order valence-corrected chi connectivity index (χ3v) is 4.22. The van der Waals surface area contributed by atoms with E-state index in [0.717, 1.165) is 0 Å². The van der Waals surface area contributed by atoms with Gasteiger partial charge >= 0.3 is 0 Å². The first-order chi connectivity index (χ1) is 13.6. The summed E-state index contributed by atoms with van der Waals surface area (Å²) in [6.07, 6.45) is 1.89. The third kappa shape index (κ3) is 3.63. The zero-order chi connectivity index (χ0) is 19.5. The first-order valence-electron chi connectivity index (χ1n) is 8.67. The molecule has 0 radical (unpaired) electrons. The normalized spacial score (nSPS) is 12.2. The quantitative estimate of drug-likeness (QED) is 0.554. The maximum absolute atomic E-state index is 13.1. The molecule has 0 fully saturated rings. The summed E-state index contributed by atoms with van der Waals surface area (Å²) in [6, 6.07) is 14.9. The molecule has 0 unspecified atom stereocenters. The van der Waals surface area contributed by atoms with Crippen LogP contribution in [0.1, 0.15) is 0 Å². The van der Waals surface area contributed by atoms with Crippen molar-refractivity contribution < 1.29 is 14.2 Å². The Labute approximate surface area is 159 Å². The van der Waals surface area contributed by atoms with E-state index in [9.17, 15) is 14.3 Å². The Bertz CT molecular complexity index is 1140. The Morgan fingerprint density at radius 2 is 1.86 bits per heavy atom. The predicted molar refractivity (Wildman–Crippen MR) is 101 cm³/mol. The predicted octanol–water partition coefficient (Wildman–Crippen LogP) is 2.16. The highest BCUT2D eigenvalue weighted by atomic mass is 19.1. The molecule has 0 amide bonds. The molecule has 0 saturated heterocycles. The van der Waals surface area contributed by atoms with Gasteiger partial charge in [-0.25, -0.2) is 14.1 Å². The second kappa shape index (κ2) is 7.61. The number of rotatable bonds is 6. The number of aliphatic hydroxyl groups is 1. The lowest BCUT2D eigenvalue weighted by molar-refractivity contribution is 0.0915. The maximum Gasteiger partial charge on any atom is 0.264 e. The highest BCUT2D eigenvalue weighted by molar-refractivity contribution is 5.74. The minimum Gasteiger partial charge on any atom is -0.491 e.